The smallest absolute Gasteiger partial charge is 0.253 e. The van der Waals surface area contributed by atoms with E-state index in [-0.39, 0.29) is 11.8 Å². The van der Waals surface area contributed by atoms with Crippen molar-refractivity contribution < 1.29 is 9.59 Å². The highest BCUT2D eigenvalue weighted by Gasteiger charge is 2.23. The third-order valence-corrected chi connectivity index (χ3v) is 4.28. The molecule has 0 radical (unpaired) electrons. The summed E-state index contributed by atoms with van der Waals surface area (Å²) in [6.07, 6.45) is 5.33. The number of carbonyl (C=O) groups is 2. The van der Waals surface area contributed by atoms with E-state index in [4.69, 9.17) is 0 Å². The Morgan fingerprint density at radius 1 is 1.19 bits per heavy atom. The Morgan fingerprint density at radius 2 is 2.04 bits per heavy atom. The number of rotatable bonds is 7. The van der Waals surface area contributed by atoms with Crippen LogP contribution in [-0.4, -0.2) is 40.1 Å². The Morgan fingerprint density at radius 3 is 2.81 bits per heavy atom. The number of hydrogen-bond acceptors (Lipinski definition) is 4. The van der Waals surface area contributed by atoms with Gasteiger partial charge in [-0.15, -0.1) is 0 Å². The van der Waals surface area contributed by atoms with Gasteiger partial charge in [0.05, 0.1) is 5.56 Å². The van der Waals surface area contributed by atoms with Crippen molar-refractivity contribution >= 4 is 35.3 Å². The number of benzene rings is 1. The number of para-hydroxylation sites is 1. The summed E-state index contributed by atoms with van der Waals surface area (Å²) in [5, 5.41) is 6.65. The highest BCUT2D eigenvalue weighted by atomic mass is 32.1. The predicted molar refractivity (Wildman–Crippen MR) is 104 cm³/mol. The van der Waals surface area contributed by atoms with E-state index in [2.05, 4.69) is 33.2 Å². The SMILES string of the molecule is O=C(N[C@H](Cc1c[nH]c2ccccc12)C(=O)NCCS)c1cccnc1. The third-order valence-electron chi connectivity index (χ3n) is 4.06. The number of aromatic amines is 1. The van der Waals surface area contributed by atoms with Gasteiger partial charge in [0.25, 0.3) is 5.91 Å². The molecule has 0 spiro atoms. The van der Waals surface area contributed by atoms with Crippen LogP contribution in [0.2, 0.25) is 0 Å². The maximum Gasteiger partial charge on any atom is 0.253 e. The first-order valence-electron chi connectivity index (χ1n) is 8.33. The molecule has 1 aromatic carbocycles. The van der Waals surface area contributed by atoms with Crippen LogP contribution in [0.4, 0.5) is 0 Å². The molecule has 0 saturated carbocycles. The van der Waals surface area contributed by atoms with Gasteiger partial charge in [-0.1, -0.05) is 18.2 Å². The maximum absolute atomic E-state index is 12.5. The summed E-state index contributed by atoms with van der Waals surface area (Å²) >= 11 is 4.11. The minimum absolute atomic E-state index is 0.235. The first-order valence-corrected chi connectivity index (χ1v) is 8.96. The number of fused-ring (bicyclic) bond motifs is 1. The molecule has 0 unspecified atom stereocenters. The molecule has 0 saturated heterocycles. The number of amides is 2. The molecule has 134 valence electrons. The zero-order valence-corrected chi connectivity index (χ0v) is 15.0. The minimum atomic E-state index is -0.693. The van der Waals surface area contributed by atoms with Crippen LogP contribution < -0.4 is 10.6 Å². The van der Waals surface area contributed by atoms with Crippen molar-refractivity contribution in [1.29, 1.82) is 0 Å². The lowest BCUT2D eigenvalue weighted by Crippen LogP contribution is -2.48. The molecule has 26 heavy (non-hydrogen) atoms. The standard InChI is InChI=1S/C19H20N4O2S/c24-18(13-4-3-7-20-11-13)23-17(19(25)21-8-9-26)10-14-12-22-16-6-2-1-5-15(14)16/h1-7,11-12,17,22,26H,8-10H2,(H,21,25)(H,23,24)/t17-/m1/s1. The Kier molecular flexibility index (Phi) is 5.91. The first kappa shape index (κ1) is 18.0. The van der Waals surface area contributed by atoms with Crippen molar-refractivity contribution in [1.82, 2.24) is 20.6 Å². The fourth-order valence-corrected chi connectivity index (χ4v) is 2.88. The van der Waals surface area contributed by atoms with Crippen LogP contribution in [-0.2, 0) is 11.2 Å². The largest absolute Gasteiger partial charge is 0.361 e. The van der Waals surface area contributed by atoms with Crippen LogP contribution in [0.15, 0.2) is 55.0 Å². The van der Waals surface area contributed by atoms with Crippen LogP contribution in [0.3, 0.4) is 0 Å². The van der Waals surface area contributed by atoms with Gasteiger partial charge in [0, 0.05) is 48.2 Å². The summed E-state index contributed by atoms with van der Waals surface area (Å²) < 4.78 is 0. The van der Waals surface area contributed by atoms with Crippen LogP contribution in [0.1, 0.15) is 15.9 Å². The lowest BCUT2D eigenvalue weighted by Gasteiger charge is -2.18. The summed E-state index contributed by atoms with van der Waals surface area (Å²) in [5.41, 5.74) is 2.38. The van der Waals surface area contributed by atoms with E-state index < -0.39 is 6.04 Å². The van der Waals surface area contributed by atoms with E-state index in [1.165, 1.54) is 6.20 Å². The van der Waals surface area contributed by atoms with Crippen LogP contribution >= 0.6 is 12.6 Å². The molecule has 3 rings (SSSR count). The summed E-state index contributed by atoms with van der Waals surface area (Å²) in [6.45, 7) is 0.440. The second-order valence-corrected chi connectivity index (χ2v) is 6.29. The van der Waals surface area contributed by atoms with Crippen LogP contribution in [0.25, 0.3) is 10.9 Å². The molecule has 3 N–H and O–H groups in total. The van der Waals surface area contributed by atoms with E-state index >= 15 is 0 Å². The summed E-state index contributed by atoms with van der Waals surface area (Å²) in [7, 11) is 0. The number of H-pyrrole nitrogens is 1. The Hall–Kier alpha value is -2.80. The predicted octanol–water partition coefficient (Wildman–Crippen LogP) is 1.95. The van der Waals surface area contributed by atoms with Gasteiger partial charge in [0.1, 0.15) is 6.04 Å². The number of hydrogen-bond donors (Lipinski definition) is 4. The topological polar surface area (TPSA) is 86.9 Å². The van der Waals surface area contributed by atoms with E-state index in [9.17, 15) is 9.59 Å². The van der Waals surface area contributed by atoms with Crippen LogP contribution in [0, 0.1) is 0 Å². The van der Waals surface area contributed by atoms with Crippen molar-refractivity contribution in [2.75, 3.05) is 12.3 Å². The number of carbonyl (C=O) groups excluding carboxylic acids is 2. The number of aromatic nitrogens is 2. The molecule has 3 aromatic rings. The molecular weight excluding hydrogens is 348 g/mol. The lowest BCUT2D eigenvalue weighted by atomic mass is 10.0. The van der Waals surface area contributed by atoms with Crippen molar-refractivity contribution in [2.24, 2.45) is 0 Å². The second kappa shape index (κ2) is 8.53. The molecule has 1 atom stereocenters. The van der Waals surface area contributed by atoms with Gasteiger partial charge in [0.15, 0.2) is 0 Å². The molecule has 6 nitrogen and oxygen atoms in total. The quantitative estimate of drug-likeness (QED) is 0.481. The Balaban J connectivity index is 1.81. The Labute approximate surface area is 156 Å². The van der Waals surface area contributed by atoms with Crippen molar-refractivity contribution in [3.8, 4) is 0 Å². The van der Waals surface area contributed by atoms with E-state index in [0.717, 1.165) is 16.5 Å². The van der Waals surface area contributed by atoms with Gasteiger partial charge in [-0.25, -0.2) is 0 Å². The monoisotopic (exact) mass is 368 g/mol. The van der Waals surface area contributed by atoms with E-state index in [1.54, 1.807) is 18.3 Å². The number of pyridine rings is 1. The molecule has 2 heterocycles. The molecule has 2 aromatic heterocycles. The average molecular weight is 368 g/mol. The molecule has 0 bridgehead atoms. The molecule has 2 amide bonds. The van der Waals surface area contributed by atoms with Gasteiger partial charge in [-0.2, -0.15) is 12.6 Å². The fraction of sp³-hybridized carbons (Fsp3) is 0.211. The van der Waals surface area contributed by atoms with Crippen molar-refractivity contribution in [2.45, 2.75) is 12.5 Å². The third kappa shape index (κ3) is 4.23. The summed E-state index contributed by atoms with van der Waals surface area (Å²) in [4.78, 5) is 32.2. The van der Waals surface area contributed by atoms with E-state index in [0.29, 0.717) is 24.3 Å². The number of nitrogens with zero attached hydrogens (tertiary/aromatic N) is 1. The second-order valence-electron chi connectivity index (χ2n) is 5.85. The fourth-order valence-electron chi connectivity index (χ4n) is 2.77. The highest BCUT2D eigenvalue weighted by Crippen LogP contribution is 2.19. The molecular formula is C19H20N4O2S. The van der Waals surface area contributed by atoms with Gasteiger partial charge in [-0.3, -0.25) is 14.6 Å². The summed E-state index contributed by atoms with van der Waals surface area (Å²) in [5.74, 6) is -0.0345. The van der Waals surface area contributed by atoms with Gasteiger partial charge in [-0.05, 0) is 23.8 Å². The molecule has 0 aliphatic carbocycles. The van der Waals surface area contributed by atoms with E-state index in [1.807, 2.05) is 30.5 Å². The molecule has 0 aliphatic rings. The minimum Gasteiger partial charge on any atom is -0.361 e. The zero-order chi connectivity index (χ0) is 18.4. The molecule has 0 aliphatic heterocycles. The average Bonchev–Trinajstić information content (AvgIpc) is 3.09. The zero-order valence-electron chi connectivity index (χ0n) is 14.1. The summed E-state index contributed by atoms with van der Waals surface area (Å²) in [6, 6.07) is 10.5. The van der Waals surface area contributed by atoms with Crippen molar-refractivity contribution in [3.05, 3.63) is 66.1 Å². The van der Waals surface area contributed by atoms with Gasteiger partial charge in [0.2, 0.25) is 5.91 Å². The lowest BCUT2D eigenvalue weighted by molar-refractivity contribution is -0.122. The number of thiol groups is 1. The van der Waals surface area contributed by atoms with Gasteiger partial charge >= 0.3 is 0 Å². The highest BCUT2D eigenvalue weighted by molar-refractivity contribution is 7.80. The van der Waals surface area contributed by atoms with Crippen LogP contribution in [0.5, 0.6) is 0 Å². The van der Waals surface area contributed by atoms with Crippen molar-refractivity contribution in [3.63, 3.8) is 0 Å². The number of nitrogens with one attached hydrogen (secondary N) is 3. The maximum atomic E-state index is 12.5. The molecule has 7 heteroatoms. The first-order chi connectivity index (χ1) is 12.7. The molecule has 0 fully saturated rings. The Bertz CT molecular complexity index is 895. The normalized spacial score (nSPS) is 11.9. The van der Waals surface area contributed by atoms with Gasteiger partial charge < -0.3 is 15.6 Å².